The first kappa shape index (κ1) is 20.6. The summed E-state index contributed by atoms with van der Waals surface area (Å²) in [5.41, 5.74) is -1.12. The number of halogens is 4. The molecule has 0 radical (unpaired) electrons. The summed E-state index contributed by atoms with van der Waals surface area (Å²) >= 11 is 5.60. The van der Waals surface area contributed by atoms with Gasteiger partial charge in [0.2, 0.25) is 10.0 Å². The molecule has 1 saturated heterocycles. The Bertz CT molecular complexity index is 1030. The zero-order chi connectivity index (χ0) is 20.5. The zero-order valence-electron chi connectivity index (χ0n) is 14.1. The minimum Gasteiger partial charge on any atom is -0.380 e. The Labute approximate surface area is 163 Å². The number of benzene rings is 2. The van der Waals surface area contributed by atoms with Crippen LogP contribution in [0.1, 0.15) is 16.8 Å². The molecule has 6 nitrogen and oxygen atoms in total. The number of sulfonamides is 1. The fraction of sp³-hybridized carbons (Fsp3) is 0.235. The van der Waals surface area contributed by atoms with Crippen LogP contribution in [0.5, 0.6) is 0 Å². The maximum absolute atomic E-state index is 14.8. The second-order valence-electron chi connectivity index (χ2n) is 6.00. The number of nitrogens with one attached hydrogen (secondary N) is 2. The van der Waals surface area contributed by atoms with Crippen LogP contribution < -0.4 is 10.0 Å². The average Bonchev–Trinajstić information content (AvgIpc) is 3.10. The molecule has 2 aromatic rings. The largest absolute Gasteiger partial charge is 0.380 e. The number of hydrogen-bond acceptors (Lipinski definition) is 4. The van der Waals surface area contributed by atoms with Crippen LogP contribution in [-0.2, 0) is 14.8 Å². The fourth-order valence-corrected chi connectivity index (χ4v) is 4.14. The van der Waals surface area contributed by atoms with Crippen LogP contribution in [0.25, 0.3) is 0 Å². The zero-order valence-corrected chi connectivity index (χ0v) is 15.7. The van der Waals surface area contributed by atoms with E-state index in [4.69, 9.17) is 16.3 Å². The number of hydrogen-bond donors (Lipinski definition) is 2. The summed E-state index contributed by atoms with van der Waals surface area (Å²) in [6, 6.07) is 4.00. The molecule has 28 heavy (non-hydrogen) atoms. The van der Waals surface area contributed by atoms with Gasteiger partial charge in [0.05, 0.1) is 11.6 Å². The summed E-state index contributed by atoms with van der Waals surface area (Å²) in [6.07, 6.45) is 0.403. The van der Waals surface area contributed by atoms with E-state index in [2.05, 4.69) is 10.0 Å². The lowest BCUT2D eigenvalue weighted by atomic mass is 10.1. The topological polar surface area (TPSA) is 84.5 Å². The first-order chi connectivity index (χ1) is 13.2. The number of carbonyl (C=O) groups excluding carboxylic acids is 1. The van der Waals surface area contributed by atoms with Crippen molar-refractivity contribution in [3.8, 4) is 0 Å². The van der Waals surface area contributed by atoms with Gasteiger partial charge >= 0.3 is 0 Å². The SMILES string of the molecule is O=C(Nc1ccc(F)c(Cl)c1)c1c(F)ccc(S(=O)(=O)N[C@H]2CCOC2)c1F. The van der Waals surface area contributed by atoms with Gasteiger partial charge in [-0.25, -0.2) is 26.3 Å². The van der Waals surface area contributed by atoms with Crippen molar-refractivity contribution in [1.29, 1.82) is 0 Å². The van der Waals surface area contributed by atoms with Crippen LogP contribution in [0.3, 0.4) is 0 Å². The van der Waals surface area contributed by atoms with Crippen molar-refractivity contribution in [1.82, 2.24) is 4.72 Å². The Morgan fingerprint density at radius 2 is 1.86 bits per heavy atom. The third-order valence-electron chi connectivity index (χ3n) is 4.00. The van der Waals surface area contributed by atoms with Gasteiger partial charge in [-0.1, -0.05) is 11.6 Å². The molecule has 0 bridgehead atoms. The maximum Gasteiger partial charge on any atom is 0.261 e. The summed E-state index contributed by atoms with van der Waals surface area (Å²) in [6.45, 7) is 0.480. The highest BCUT2D eigenvalue weighted by Crippen LogP contribution is 2.24. The van der Waals surface area contributed by atoms with Gasteiger partial charge in [-0.2, -0.15) is 0 Å². The number of carbonyl (C=O) groups is 1. The number of amides is 1. The molecule has 3 rings (SSSR count). The lowest BCUT2D eigenvalue weighted by Crippen LogP contribution is -2.35. The smallest absolute Gasteiger partial charge is 0.261 e. The van der Waals surface area contributed by atoms with E-state index in [0.29, 0.717) is 19.1 Å². The molecular formula is C17H14ClF3N2O4S. The molecule has 0 saturated carbocycles. The standard InChI is InChI=1S/C17H14ClF3N2O4S/c18-11-7-9(1-2-12(11)19)22-17(24)15-13(20)3-4-14(16(15)21)28(25,26)23-10-5-6-27-8-10/h1-4,7,10,23H,5-6,8H2,(H,22,24)/t10-/m0/s1. The third-order valence-corrected chi connectivity index (χ3v) is 5.83. The molecule has 0 aliphatic carbocycles. The number of rotatable bonds is 5. The van der Waals surface area contributed by atoms with Gasteiger partial charge in [0.25, 0.3) is 5.91 Å². The van der Waals surface area contributed by atoms with Crippen LogP contribution in [0.2, 0.25) is 5.02 Å². The van der Waals surface area contributed by atoms with E-state index >= 15 is 0 Å². The molecular weight excluding hydrogens is 421 g/mol. The molecule has 2 N–H and O–H groups in total. The van der Waals surface area contributed by atoms with E-state index in [1.54, 1.807) is 0 Å². The highest BCUT2D eigenvalue weighted by molar-refractivity contribution is 7.89. The van der Waals surface area contributed by atoms with Crippen molar-refractivity contribution in [2.24, 2.45) is 0 Å². The summed E-state index contributed by atoms with van der Waals surface area (Å²) in [4.78, 5) is 11.4. The molecule has 1 heterocycles. The lowest BCUT2D eigenvalue weighted by molar-refractivity contribution is 0.101. The first-order valence-corrected chi connectivity index (χ1v) is 9.89. The van der Waals surface area contributed by atoms with Crippen molar-refractivity contribution in [2.75, 3.05) is 18.5 Å². The summed E-state index contributed by atoms with van der Waals surface area (Å²) in [5.74, 6) is -4.80. The quantitative estimate of drug-likeness (QED) is 0.757. The fourth-order valence-electron chi connectivity index (χ4n) is 2.63. The summed E-state index contributed by atoms with van der Waals surface area (Å²) in [7, 11) is -4.35. The van der Waals surface area contributed by atoms with E-state index in [1.165, 1.54) is 0 Å². The van der Waals surface area contributed by atoms with Crippen molar-refractivity contribution in [3.63, 3.8) is 0 Å². The Hall–Kier alpha value is -2.14. The second-order valence-corrected chi connectivity index (χ2v) is 8.09. The van der Waals surface area contributed by atoms with E-state index in [0.717, 1.165) is 24.3 Å². The predicted octanol–water partition coefficient (Wildman–Crippen LogP) is 3.08. The molecule has 11 heteroatoms. The first-order valence-electron chi connectivity index (χ1n) is 8.03. The molecule has 150 valence electrons. The van der Waals surface area contributed by atoms with E-state index in [9.17, 15) is 26.4 Å². The Morgan fingerprint density at radius 1 is 1.14 bits per heavy atom. The average molecular weight is 435 g/mol. The van der Waals surface area contributed by atoms with Gasteiger partial charge in [0.15, 0.2) is 5.82 Å². The minimum atomic E-state index is -4.35. The molecule has 2 aromatic carbocycles. The Balaban J connectivity index is 1.91. The van der Waals surface area contributed by atoms with Crippen molar-refractivity contribution < 1.29 is 31.1 Å². The molecule has 0 spiro atoms. The summed E-state index contributed by atoms with van der Waals surface area (Å²) < 4.78 is 74.2. The van der Waals surface area contributed by atoms with Crippen molar-refractivity contribution in [2.45, 2.75) is 17.4 Å². The molecule has 1 fully saturated rings. The normalized spacial score (nSPS) is 16.9. The molecule has 1 aliphatic heterocycles. The van der Waals surface area contributed by atoms with E-state index in [1.807, 2.05) is 0 Å². The highest BCUT2D eigenvalue weighted by atomic mass is 35.5. The van der Waals surface area contributed by atoms with Crippen LogP contribution in [-0.4, -0.2) is 33.6 Å². The van der Waals surface area contributed by atoms with Gasteiger partial charge in [0, 0.05) is 18.3 Å². The number of ether oxygens (including phenoxy) is 1. The van der Waals surface area contributed by atoms with Crippen LogP contribution in [0.4, 0.5) is 18.9 Å². The van der Waals surface area contributed by atoms with Gasteiger partial charge < -0.3 is 10.1 Å². The minimum absolute atomic E-state index is 0.0234. The Morgan fingerprint density at radius 3 is 2.50 bits per heavy atom. The van der Waals surface area contributed by atoms with E-state index in [-0.39, 0.29) is 17.3 Å². The van der Waals surface area contributed by atoms with Gasteiger partial charge in [0.1, 0.15) is 22.1 Å². The highest BCUT2D eigenvalue weighted by Gasteiger charge is 2.30. The molecule has 1 aliphatic rings. The lowest BCUT2D eigenvalue weighted by Gasteiger charge is -2.14. The van der Waals surface area contributed by atoms with Crippen LogP contribution >= 0.6 is 11.6 Å². The van der Waals surface area contributed by atoms with Crippen LogP contribution in [0.15, 0.2) is 35.2 Å². The molecule has 0 unspecified atom stereocenters. The predicted molar refractivity (Wildman–Crippen MR) is 95.3 cm³/mol. The molecule has 0 aromatic heterocycles. The third kappa shape index (κ3) is 4.30. The Kier molecular flexibility index (Phi) is 5.94. The summed E-state index contributed by atoms with van der Waals surface area (Å²) in [5, 5.41) is 1.85. The van der Waals surface area contributed by atoms with Gasteiger partial charge in [-0.15, -0.1) is 0 Å². The second kappa shape index (κ2) is 8.08. The van der Waals surface area contributed by atoms with Crippen molar-refractivity contribution >= 4 is 33.2 Å². The van der Waals surface area contributed by atoms with Crippen molar-refractivity contribution in [3.05, 3.63) is 58.4 Å². The van der Waals surface area contributed by atoms with E-state index < -0.39 is 49.9 Å². The molecule has 1 atom stereocenters. The monoisotopic (exact) mass is 434 g/mol. The van der Waals surface area contributed by atoms with Gasteiger partial charge in [-0.3, -0.25) is 4.79 Å². The molecule has 1 amide bonds. The number of anilines is 1. The van der Waals surface area contributed by atoms with Gasteiger partial charge in [-0.05, 0) is 36.8 Å². The maximum atomic E-state index is 14.8. The van der Waals surface area contributed by atoms with Crippen LogP contribution in [0, 0.1) is 17.5 Å².